The van der Waals surface area contributed by atoms with Gasteiger partial charge in [0.1, 0.15) is 17.7 Å². The molecule has 0 unspecified atom stereocenters. The minimum absolute atomic E-state index is 0.0658. The molecule has 138 valence electrons. The molecule has 0 saturated carbocycles. The van der Waals surface area contributed by atoms with Crippen LogP contribution in [0.25, 0.3) is 0 Å². The Bertz CT molecular complexity index is 704. The van der Waals surface area contributed by atoms with Gasteiger partial charge >= 0.3 is 0 Å². The molecule has 3 rings (SSSR count). The number of hydrogen-bond donors (Lipinski definition) is 0. The van der Waals surface area contributed by atoms with Crippen LogP contribution >= 0.6 is 11.8 Å². The molecule has 1 aliphatic rings. The van der Waals surface area contributed by atoms with Crippen LogP contribution in [0.2, 0.25) is 0 Å². The third kappa shape index (κ3) is 4.82. The van der Waals surface area contributed by atoms with Gasteiger partial charge in [0.15, 0.2) is 0 Å². The van der Waals surface area contributed by atoms with Crippen molar-refractivity contribution in [2.75, 3.05) is 12.3 Å². The van der Waals surface area contributed by atoms with Crippen molar-refractivity contribution in [1.82, 2.24) is 4.90 Å². The normalized spacial score (nSPS) is 16.7. The standard InChI is InChI=1S/C22H27NO2S/c1-2-3-5-14-21(24)23-15-16-26-22(23)19-12-8-9-13-20(19)25-17-18-10-6-4-7-11-18/h4,6-13,22H,2-3,5,14-17H2,1H3/t22-/m0/s1. The molecule has 0 aromatic heterocycles. The molecule has 0 radical (unpaired) electrons. The summed E-state index contributed by atoms with van der Waals surface area (Å²) >= 11 is 1.83. The van der Waals surface area contributed by atoms with Gasteiger partial charge in [-0.3, -0.25) is 4.79 Å². The number of hydrogen-bond acceptors (Lipinski definition) is 3. The predicted octanol–water partition coefficient (Wildman–Crippen LogP) is 5.42. The Morgan fingerprint density at radius 3 is 2.69 bits per heavy atom. The molecule has 0 N–H and O–H groups in total. The third-order valence-corrected chi connectivity index (χ3v) is 5.87. The number of para-hydroxylation sites is 1. The average molecular weight is 370 g/mol. The van der Waals surface area contributed by atoms with Crippen LogP contribution in [-0.2, 0) is 11.4 Å². The third-order valence-electron chi connectivity index (χ3n) is 4.63. The minimum Gasteiger partial charge on any atom is -0.489 e. The first-order valence-corrected chi connectivity index (χ1v) is 10.5. The maximum Gasteiger partial charge on any atom is 0.223 e. The Morgan fingerprint density at radius 1 is 1.12 bits per heavy atom. The topological polar surface area (TPSA) is 29.5 Å². The Balaban J connectivity index is 1.70. The van der Waals surface area contributed by atoms with E-state index in [1.807, 2.05) is 53.1 Å². The summed E-state index contributed by atoms with van der Waals surface area (Å²) in [7, 11) is 0. The van der Waals surface area contributed by atoms with E-state index in [4.69, 9.17) is 4.74 Å². The van der Waals surface area contributed by atoms with Crippen molar-refractivity contribution in [2.45, 2.75) is 44.6 Å². The lowest BCUT2D eigenvalue weighted by Crippen LogP contribution is -2.30. The molecule has 1 saturated heterocycles. The van der Waals surface area contributed by atoms with Crippen molar-refractivity contribution in [3.63, 3.8) is 0 Å². The number of carbonyl (C=O) groups excluding carboxylic acids is 1. The Labute approximate surface area is 160 Å². The van der Waals surface area contributed by atoms with Crippen molar-refractivity contribution < 1.29 is 9.53 Å². The first-order chi connectivity index (χ1) is 12.8. The van der Waals surface area contributed by atoms with Crippen LogP contribution in [0.3, 0.4) is 0 Å². The van der Waals surface area contributed by atoms with E-state index in [0.717, 1.165) is 48.4 Å². The fourth-order valence-corrected chi connectivity index (χ4v) is 4.51. The summed E-state index contributed by atoms with van der Waals surface area (Å²) in [5.41, 5.74) is 2.25. The van der Waals surface area contributed by atoms with Crippen LogP contribution in [-0.4, -0.2) is 23.1 Å². The quantitative estimate of drug-likeness (QED) is 0.582. The van der Waals surface area contributed by atoms with Crippen LogP contribution < -0.4 is 4.74 Å². The molecule has 1 heterocycles. The summed E-state index contributed by atoms with van der Waals surface area (Å²) in [6.45, 7) is 3.53. The molecule has 2 aromatic carbocycles. The van der Waals surface area contributed by atoms with Crippen molar-refractivity contribution in [3.8, 4) is 5.75 Å². The molecule has 1 amide bonds. The zero-order chi connectivity index (χ0) is 18.2. The van der Waals surface area contributed by atoms with Gasteiger partial charge in [-0.1, -0.05) is 68.3 Å². The van der Waals surface area contributed by atoms with E-state index < -0.39 is 0 Å². The lowest BCUT2D eigenvalue weighted by atomic mass is 10.1. The second-order valence-electron chi connectivity index (χ2n) is 6.58. The predicted molar refractivity (Wildman–Crippen MR) is 108 cm³/mol. The van der Waals surface area contributed by atoms with Gasteiger partial charge in [0.25, 0.3) is 0 Å². The Kier molecular flexibility index (Phi) is 7.01. The highest BCUT2D eigenvalue weighted by atomic mass is 32.2. The molecule has 1 fully saturated rings. The van der Waals surface area contributed by atoms with Crippen molar-refractivity contribution in [3.05, 3.63) is 65.7 Å². The van der Waals surface area contributed by atoms with E-state index in [0.29, 0.717) is 13.0 Å². The van der Waals surface area contributed by atoms with Gasteiger partial charge in [0.2, 0.25) is 5.91 Å². The van der Waals surface area contributed by atoms with E-state index in [-0.39, 0.29) is 11.3 Å². The van der Waals surface area contributed by atoms with Gasteiger partial charge in [-0.2, -0.15) is 0 Å². The largest absolute Gasteiger partial charge is 0.489 e. The van der Waals surface area contributed by atoms with E-state index in [9.17, 15) is 4.79 Å². The molecule has 0 bridgehead atoms. The van der Waals surface area contributed by atoms with Gasteiger partial charge in [-0.25, -0.2) is 0 Å². The Hall–Kier alpha value is -1.94. The summed E-state index contributed by atoms with van der Waals surface area (Å²) in [6.07, 6.45) is 3.89. The molecule has 0 spiro atoms. The second-order valence-corrected chi connectivity index (χ2v) is 7.77. The van der Waals surface area contributed by atoms with Crippen LogP contribution in [0.1, 0.15) is 49.1 Å². The summed E-state index contributed by atoms with van der Waals surface area (Å²) in [4.78, 5) is 14.7. The van der Waals surface area contributed by atoms with Gasteiger partial charge in [-0.15, -0.1) is 11.8 Å². The van der Waals surface area contributed by atoms with Gasteiger partial charge in [0.05, 0.1) is 0 Å². The number of rotatable bonds is 8. The lowest BCUT2D eigenvalue weighted by molar-refractivity contribution is -0.131. The first-order valence-electron chi connectivity index (χ1n) is 9.46. The van der Waals surface area contributed by atoms with Crippen molar-refractivity contribution in [1.29, 1.82) is 0 Å². The fourth-order valence-electron chi connectivity index (χ4n) is 3.20. The second kappa shape index (κ2) is 9.67. The van der Waals surface area contributed by atoms with E-state index >= 15 is 0 Å². The highest BCUT2D eigenvalue weighted by Gasteiger charge is 2.32. The lowest BCUT2D eigenvalue weighted by Gasteiger charge is -2.26. The maximum atomic E-state index is 12.7. The summed E-state index contributed by atoms with van der Waals surface area (Å²) < 4.78 is 6.11. The monoisotopic (exact) mass is 369 g/mol. The fraction of sp³-hybridized carbons (Fsp3) is 0.409. The first kappa shape index (κ1) is 18.8. The van der Waals surface area contributed by atoms with Gasteiger partial charge in [-0.05, 0) is 18.1 Å². The SMILES string of the molecule is CCCCCC(=O)N1CCS[C@H]1c1ccccc1OCc1ccccc1. The van der Waals surface area contributed by atoms with E-state index in [1.54, 1.807) is 0 Å². The number of amides is 1. The van der Waals surface area contributed by atoms with Gasteiger partial charge in [0, 0.05) is 24.3 Å². The number of nitrogens with zero attached hydrogens (tertiary/aromatic N) is 1. The van der Waals surface area contributed by atoms with Gasteiger partial charge < -0.3 is 9.64 Å². The number of thioether (sulfide) groups is 1. The maximum absolute atomic E-state index is 12.7. The van der Waals surface area contributed by atoms with Crippen LogP contribution in [0.15, 0.2) is 54.6 Å². The molecule has 1 aliphatic heterocycles. The zero-order valence-corrected chi connectivity index (χ0v) is 16.2. The minimum atomic E-state index is 0.0658. The average Bonchev–Trinajstić information content (AvgIpc) is 3.17. The number of carbonyl (C=O) groups is 1. The summed E-state index contributed by atoms with van der Waals surface area (Å²) in [5, 5.41) is 0.0658. The summed E-state index contributed by atoms with van der Waals surface area (Å²) in [5.74, 6) is 2.13. The van der Waals surface area contributed by atoms with E-state index in [1.165, 1.54) is 0 Å². The van der Waals surface area contributed by atoms with Crippen LogP contribution in [0, 0.1) is 0 Å². The molecular formula is C22H27NO2S. The highest BCUT2D eigenvalue weighted by molar-refractivity contribution is 7.99. The smallest absolute Gasteiger partial charge is 0.223 e. The number of unbranched alkanes of at least 4 members (excludes halogenated alkanes) is 2. The molecule has 0 aliphatic carbocycles. The zero-order valence-electron chi connectivity index (χ0n) is 15.4. The highest BCUT2D eigenvalue weighted by Crippen LogP contribution is 2.42. The molecular weight excluding hydrogens is 342 g/mol. The molecule has 2 aromatic rings. The summed E-state index contributed by atoms with van der Waals surface area (Å²) in [6, 6.07) is 18.3. The molecule has 3 nitrogen and oxygen atoms in total. The number of benzene rings is 2. The molecule has 26 heavy (non-hydrogen) atoms. The van der Waals surface area contributed by atoms with Crippen LogP contribution in [0.5, 0.6) is 5.75 Å². The molecule has 1 atom stereocenters. The molecule has 4 heteroatoms. The van der Waals surface area contributed by atoms with Crippen LogP contribution in [0.4, 0.5) is 0 Å². The van der Waals surface area contributed by atoms with Crippen molar-refractivity contribution in [2.24, 2.45) is 0 Å². The number of ether oxygens (including phenoxy) is 1. The van der Waals surface area contributed by atoms with E-state index in [2.05, 4.69) is 25.1 Å². The van der Waals surface area contributed by atoms with Crippen molar-refractivity contribution >= 4 is 17.7 Å². The Morgan fingerprint density at radius 2 is 1.88 bits per heavy atom.